The van der Waals surface area contributed by atoms with E-state index >= 15 is 0 Å². The molecule has 0 spiro atoms. The van der Waals surface area contributed by atoms with Crippen LogP contribution in [0.25, 0.3) is 22.8 Å². The van der Waals surface area contributed by atoms with E-state index in [-0.39, 0.29) is 10.6 Å². The minimum atomic E-state index is -0.360. The third kappa shape index (κ3) is 2.34. The van der Waals surface area contributed by atoms with Crippen molar-refractivity contribution < 1.29 is 4.92 Å². The van der Waals surface area contributed by atoms with Crippen molar-refractivity contribution in [1.82, 2.24) is 4.98 Å². The van der Waals surface area contributed by atoms with E-state index in [1.165, 1.54) is 0 Å². The van der Waals surface area contributed by atoms with Crippen molar-refractivity contribution >= 4 is 33.3 Å². The summed E-state index contributed by atoms with van der Waals surface area (Å²) in [6, 6.07) is 16.9. The standard InChI is InChI=1S/C19H11BrN2O2/c20-19-12(4-3-9-21-19)10-17-15-6-2-1-5-14(15)16-8-7-13(22(23)24)11-18(16)17/h1-11H/b17-10+. The van der Waals surface area contributed by atoms with Gasteiger partial charge in [0.25, 0.3) is 5.69 Å². The summed E-state index contributed by atoms with van der Waals surface area (Å²) in [6.45, 7) is 0. The van der Waals surface area contributed by atoms with E-state index in [9.17, 15) is 10.1 Å². The van der Waals surface area contributed by atoms with Gasteiger partial charge >= 0.3 is 0 Å². The van der Waals surface area contributed by atoms with E-state index in [2.05, 4.69) is 20.9 Å². The summed E-state index contributed by atoms with van der Waals surface area (Å²) in [5.74, 6) is 0. The second-order valence-electron chi connectivity index (χ2n) is 5.47. The Morgan fingerprint density at radius 3 is 2.46 bits per heavy atom. The Labute approximate surface area is 146 Å². The van der Waals surface area contributed by atoms with Gasteiger partial charge in [0.05, 0.1) is 4.92 Å². The molecule has 5 heteroatoms. The molecule has 0 amide bonds. The zero-order chi connectivity index (χ0) is 16.7. The Balaban J connectivity index is 1.99. The quantitative estimate of drug-likeness (QED) is 0.269. The molecule has 4 nitrogen and oxygen atoms in total. The van der Waals surface area contributed by atoms with Crippen molar-refractivity contribution in [1.29, 1.82) is 0 Å². The van der Waals surface area contributed by atoms with Crippen LogP contribution in [0, 0.1) is 10.1 Å². The van der Waals surface area contributed by atoms with Gasteiger partial charge in [0, 0.05) is 23.9 Å². The summed E-state index contributed by atoms with van der Waals surface area (Å²) < 4.78 is 0.744. The Morgan fingerprint density at radius 2 is 1.71 bits per heavy atom. The van der Waals surface area contributed by atoms with Crippen LogP contribution >= 0.6 is 15.9 Å². The highest BCUT2D eigenvalue weighted by Crippen LogP contribution is 2.46. The largest absolute Gasteiger partial charge is 0.270 e. The van der Waals surface area contributed by atoms with Crippen LogP contribution in [-0.4, -0.2) is 9.91 Å². The lowest BCUT2D eigenvalue weighted by molar-refractivity contribution is -0.384. The number of hydrogen-bond donors (Lipinski definition) is 0. The molecule has 0 atom stereocenters. The first-order chi connectivity index (χ1) is 11.6. The van der Waals surface area contributed by atoms with Crippen LogP contribution in [0.3, 0.4) is 0 Å². The normalized spacial score (nSPS) is 13.6. The van der Waals surface area contributed by atoms with E-state index in [0.29, 0.717) is 0 Å². The summed E-state index contributed by atoms with van der Waals surface area (Å²) in [6.07, 6.45) is 3.74. The molecule has 0 radical (unpaired) electrons. The first-order valence-electron chi connectivity index (χ1n) is 7.36. The molecule has 0 aliphatic heterocycles. The predicted molar refractivity (Wildman–Crippen MR) is 97.4 cm³/mol. The fourth-order valence-electron chi connectivity index (χ4n) is 3.02. The zero-order valence-electron chi connectivity index (χ0n) is 12.4. The van der Waals surface area contributed by atoms with Crippen molar-refractivity contribution in [2.24, 2.45) is 0 Å². The number of hydrogen-bond acceptors (Lipinski definition) is 3. The highest BCUT2D eigenvalue weighted by atomic mass is 79.9. The van der Waals surface area contributed by atoms with Gasteiger partial charge in [0.2, 0.25) is 0 Å². The molecular weight excluding hydrogens is 368 g/mol. The van der Waals surface area contributed by atoms with Crippen molar-refractivity contribution in [3.63, 3.8) is 0 Å². The van der Waals surface area contributed by atoms with Crippen molar-refractivity contribution in [3.05, 3.63) is 92.2 Å². The average Bonchev–Trinajstić information content (AvgIpc) is 2.90. The summed E-state index contributed by atoms with van der Waals surface area (Å²) in [4.78, 5) is 15.0. The first kappa shape index (κ1) is 14.8. The number of pyridine rings is 1. The maximum Gasteiger partial charge on any atom is 0.270 e. The van der Waals surface area contributed by atoms with Gasteiger partial charge in [-0.05, 0) is 62.0 Å². The molecular formula is C19H11BrN2O2. The number of aromatic nitrogens is 1. The van der Waals surface area contributed by atoms with E-state index in [0.717, 1.165) is 38.0 Å². The number of benzene rings is 2. The number of non-ortho nitro benzene ring substituents is 1. The topological polar surface area (TPSA) is 56.0 Å². The summed E-state index contributed by atoms with van der Waals surface area (Å²) in [5.41, 5.74) is 6.05. The smallest absolute Gasteiger partial charge is 0.258 e. The van der Waals surface area contributed by atoms with Crippen LogP contribution < -0.4 is 0 Å². The van der Waals surface area contributed by atoms with Gasteiger partial charge in [-0.15, -0.1) is 0 Å². The van der Waals surface area contributed by atoms with Crippen molar-refractivity contribution in [2.45, 2.75) is 0 Å². The maximum atomic E-state index is 11.2. The van der Waals surface area contributed by atoms with Crippen molar-refractivity contribution in [2.75, 3.05) is 0 Å². The fraction of sp³-hybridized carbons (Fsp3) is 0. The number of nitrogens with zero attached hydrogens (tertiary/aromatic N) is 2. The molecule has 0 N–H and O–H groups in total. The maximum absolute atomic E-state index is 11.2. The zero-order valence-corrected chi connectivity index (χ0v) is 14.0. The molecule has 0 bridgehead atoms. The van der Waals surface area contributed by atoms with Gasteiger partial charge < -0.3 is 0 Å². The van der Waals surface area contributed by atoms with Crippen LogP contribution in [0.4, 0.5) is 5.69 Å². The summed E-state index contributed by atoms with van der Waals surface area (Å²) in [5, 5.41) is 11.2. The second-order valence-corrected chi connectivity index (χ2v) is 6.23. The summed E-state index contributed by atoms with van der Waals surface area (Å²) >= 11 is 3.46. The number of fused-ring (bicyclic) bond motifs is 3. The van der Waals surface area contributed by atoms with E-state index in [4.69, 9.17) is 0 Å². The van der Waals surface area contributed by atoms with Crippen LogP contribution in [0.5, 0.6) is 0 Å². The van der Waals surface area contributed by atoms with Gasteiger partial charge in [-0.3, -0.25) is 10.1 Å². The fourth-order valence-corrected chi connectivity index (χ4v) is 3.38. The predicted octanol–water partition coefficient (Wildman–Crippen LogP) is 5.32. The Morgan fingerprint density at radius 1 is 0.958 bits per heavy atom. The first-order valence-corrected chi connectivity index (χ1v) is 8.15. The summed E-state index contributed by atoms with van der Waals surface area (Å²) in [7, 11) is 0. The third-order valence-corrected chi connectivity index (χ3v) is 4.76. The van der Waals surface area contributed by atoms with E-state index < -0.39 is 0 Å². The highest BCUT2D eigenvalue weighted by molar-refractivity contribution is 9.10. The molecule has 116 valence electrons. The molecule has 0 unspecified atom stereocenters. The molecule has 1 aliphatic carbocycles. The van der Waals surface area contributed by atoms with E-state index in [1.54, 1.807) is 18.3 Å². The molecule has 3 aromatic rings. The highest BCUT2D eigenvalue weighted by Gasteiger charge is 2.25. The molecule has 2 aromatic carbocycles. The van der Waals surface area contributed by atoms with Gasteiger partial charge in [-0.2, -0.15) is 0 Å². The van der Waals surface area contributed by atoms with Crippen LogP contribution in [-0.2, 0) is 0 Å². The molecule has 1 aromatic heterocycles. The Bertz CT molecular complexity index is 1010. The Hall–Kier alpha value is -2.79. The molecule has 0 saturated heterocycles. The van der Waals surface area contributed by atoms with Crippen LogP contribution in [0.1, 0.15) is 16.7 Å². The number of nitro benzene ring substituents is 1. The lowest BCUT2D eigenvalue weighted by Crippen LogP contribution is -1.90. The van der Waals surface area contributed by atoms with Crippen LogP contribution in [0.2, 0.25) is 0 Å². The monoisotopic (exact) mass is 378 g/mol. The second kappa shape index (κ2) is 5.69. The minimum Gasteiger partial charge on any atom is -0.258 e. The van der Waals surface area contributed by atoms with Gasteiger partial charge in [0.15, 0.2) is 0 Å². The van der Waals surface area contributed by atoms with Crippen LogP contribution in [0.15, 0.2) is 65.4 Å². The molecule has 1 heterocycles. The van der Waals surface area contributed by atoms with Gasteiger partial charge in [0.1, 0.15) is 4.60 Å². The molecule has 4 rings (SSSR count). The average molecular weight is 379 g/mol. The Kier molecular flexibility index (Phi) is 3.50. The SMILES string of the molecule is O=[N+]([O-])c1ccc2c(c1)/C(=C/c1cccnc1Br)c1ccccc1-2. The molecule has 0 saturated carbocycles. The van der Waals surface area contributed by atoms with Crippen molar-refractivity contribution in [3.8, 4) is 11.1 Å². The molecule has 1 aliphatic rings. The lowest BCUT2D eigenvalue weighted by atomic mass is 10.0. The third-order valence-electron chi connectivity index (χ3n) is 4.10. The molecule has 0 fully saturated rings. The lowest BCUT2D eigenvalue weighted by Gasteiger charge is -2.04. The molecule has 24 heavy (non-hydrogen) atoms. The number of nitro groups is 1. The van der Waals surface area contributed by atoms with Gasteiger partial charge in [-0.1, -0.05) is 30.3 Å². The van der Waals surface area contributed by atoms with Gasteiger partial charge in [-0.25, -0.2) is 4.98 Å². The minimum absolute atomic E-state index is 0.0951. The number of halogens is 1. The number of rotatable bonds is 2. The van der Waals surface area contributed by atoms with E-state index in [1.807, 2.05) is 48.5 Å².